The lowest BCUT2D eigenvalue weighted by atomic mass is 10.4. The van der Waals surface area contributed by atoms with Gasteiger partial charge < -0.3 is 10.7 Å². The summed E-state index contributed by atoms with van der Waals surface area (Å²) in [6, 6.07) is 0. The molecule has 3 N–H and O–H groups in total. The van der Waals surface area contributed by atoms with Crippen molar-refractivity contribution in [2.24, 2.45) is 5.73 Å². The molecule has 0 spiro atoms. The second-order valence-electron chi connectivity index (χ2n) is 2.89. The molecule has 14 heavy (non-hydrogen) atoms. The van der Waals surface area contributed by atoms with Crippen LogP contribution in [0.25, 0.3) is 11.2 Å². The fourth-order valence-electron chi connectivity index (χ4n) is 1.16. The molecular formula is C8H9N5O. The van der Waals surface area contributed by atoms with Crippen molar-refractivity contribution in [3.05, 3.63) is 28.1 Å². The molecule has 0 atom stereocenters. The Balaban J connectivity index is 2.82. The Morgan fingerprint density at radius 1 is 1.50 bits per heavy atom. The molecule has 0 aliphatic carbocycles. The number of H-pyrrole nitrogens is 1. The van der Waals surface area contributed by atoms with Gasteiger partial charge in [-0.2, -0.15) is 0 Å². The zero-order valence-electron chi connectivity index (χ0n) is 7.61. The Morgan fingerprint density at radius 2 is 2.29 bits per heavy atom. The number of aryl methyl sites for hydroxylation is 1. The quantitative estimate of drug-likeness (QED) is 0.632. The largest absolute Gasteiger partial charge is 0.325 e. The lowest BCUT2D eigenvalue weighted by Gasteiger charge is -1.98. The molecule has 2 aromatic heterocycles. The van der Waals surface area contributed by atoms with E-state index in [-0.39, 0.29) is 17.6 Å². The molecule has 0 aromatic carbocycles. The van der Waals surface area contributed by atoms with Crippen LogP contribution < -0.4 is 11.3 Å². The predicted molar refractivity (Wildman–Crippen MR) is 50.6 cm³/mol. The average Bonchev–Trinajstić information content (AvgIpc) is 2.17. The Kier molecular flexibility index (Phi) is 1.97. The van der Waals surface area contributed by atoms with Gasteiger partial charge in [0.05, 0.1) is 11.9 Å². The highest BCUT2D eigenvalue weighted by atomic mass is 16.1. The molecule has 72 valence electrons. The minimum absolute atomic E-state index is 0.235. The van der Waals surface area contributed by atoms with E-state index in [4.69, 9.17) is 5.73 Å². The maximum atomic E-state index is 11.4. The second-order valence-corrected chi connectivity index (χ2v) is 2.89. The monoisotopic (exact) mass is 191 g/mol. The SMILES string of the molecule is Cc1nc2ncc(CN)nc2c(=O)[nH]1. The normalized spacial score (nSPS) is 10.7. The summed E-state index contributed by atoms with van der Waals surface area (Å²) in [6.07, 6.45) is 1.52. The number of hydrogen-bond donors (Lipinski definition) is 2. The summed E-state index contributed by atoms with van der Waals surface area (Å²) in [6.45, 7) is 1.95. The Labute approximate surface area is 79.2 Å². The first-order valence-electron chi connectivity index (χ1n) is 4.13. The number of fused-ring (bicyclic) bond motifs is 1. The lowest BCUT2D eigenvalue weighted by molar-refractivity contribution is 0.959. The lowest BCUT2D eigenvalue weighted by Crippen LogP contribution is -2.14. The van der Waals surface area contributed by atoms with E-state index in [0.717, 1.165) is 0 Å². The number of nitrogens with zero attached hydrogens (tertiary/aromatic N) is 3. The maximum Gasteiger partial charge on any atom is 0.279 e. The first-order valence-corrected chi connectivity index (χ1v) is 4.13. The molecule has 0 aliphatic rings. The van der Waals surface area contributed by atoms with Crippen molar-refractivity contribution in [3.8, 4) is 0 Å². The van der Waals surface area contributed by atoms with Crippen molar-refractivity contribution in [2.75, 3.05) is 0 Å². The summed E-state index contributed by atoms with van der Waals surface area (Å²) < 4.78 is 0. The first kappa shape index (κ1) is 8.76. The smallest absolute Gasteiger partial charge is 0.279 e. The molecule has 0 saturated carbocycles. The topological polar surface area (TPSA) is 97.5 Å². The summed E-state index contributed by atoms with van der Waals surface area (Å²) in [5.41, 5.74) is 6.27. The van der Waals surface area contributed by atoms with Crippen LogP contribution >= 0.6 is 0 Å². The van der Waals surface area contributed by atoms with Gasteiger partial charge in [0, 0.05) is 6.54 Å². The number of hydrogen-bond acceptors (Lipinski definition) is 5. The standard InChI is InChI=1S/C8H9N5O/c1-4-11-7-6(8(14)12-4)13-5(2-9)3-10-7/h3H,2,9H2,1H3,(H,10,11,12,14). The molecule has 2 rings (SSSR count). The summed E-state index contributed by atoms with van der Waals surface area (Å²) >= 11 is 0. The molecule has 0 amide bonds. The van der Waals surface area contributed by atoms with Crippen molar-refractivity contribution < 1.29 is 0 Å². The summed E-state index contributed by atoms with van der Waals surface area (Å²) in [7, 11) is 0. The van der Waals surface area contributed by atoms with E-state index in [0.29, 0.717) is 17.2 Å². The Bertz CT molecular complexity index is 533. The van der Waals surface area contributed by atoms with Gasteiger partial charge in [-0.3, -0.25) is 4.79 Å². The molecular weight excluding hydrogens is 182 g/mol. The molecule has 0 bridgehead atoms. The van der Waals surface area contributed by atoms with E-state index in [2.05, 4.69) is 19.9 Å². The molecule has 2 aromatic rings. The van der Waals surface area contributed by atoms with Crippen LogP contribution in [0.4, 0.5) is 0 Å². The highest BCUT2D eigenvalue weighted by molar-refractivity contribution is 5.67. The molecule has 2 heterocycles. The van der Waals surface area contributed by atoms with Crippen LogP contribution in [0.3, 0.4) is 0 Å². The fraction of sp³-hybridized carbons (Fsp3) is 0.250. The fourth-order valence-corrected chi connectivity index (χ4v) is 1.16. The van der Waals surface area contributed by atoms with Crippen LogP contribution in [0.15, 0.2) is 11.0 Å². The molecule has 0 unspecified atom stereocenters. The number of rotatable bonds is 1. The van der Waals surface area contributed by atoms with Crippen molar-refractivity contribution in [2.45, 2.75) is 13.5 Å². The highest BCUT2D eigenvalue weighted by Gasteiger charge is 2.04. The minimum atomic E-state index is -0.282. The molecule has 0 saturated heterocycles. The van der Waals surface area contributed by atoms with E-state index in [1.165, 1.54) is 6.20 Å². The molecule has 6 heteroatoms. The van der Waals surface area contributed by atoms with Gasteiger partial charge in [-0.1, -0.05) is 0 Å². The van der Waals surface area contributed by atoms with Crippen molar-refractivity contribution in [3.63, 3.8) is 0 Å². The third-order valence-electron chi connectivity index (χ3n) is 1.80. The minimum Gasteiger partial charge on any atom is -0.325 e. The third-order valence-corrected chi connectivity index (χ3v) is 1.80. The zero-order valence-corrected chi connectivity index (χ0v) is 7.61. The van der Waals surface area contributed by atoms with Gasteiger partial charge in [-0.15, -0.1) is 0 Å². The third kappa shape index (κ3) is 1.35. The molecule has 6 nitrogen and oxygen atoms in total. The van der Waals surface area contributed by atoms with Crippen LogP contribution in [-0.2, 0) is 6.54 Å². The predicted octanol–water partition coefficient (Wildman–Crippen LogP) is -0.520. The zero-order chi connectivity index (χ0) is 10.1. The second kappa shape index (κ2) is 3.15. The van der Waals surface area contributed by atoms with Gasteiger partial charge in [0.2, 0.25) is 0 Å². The van der Waals surface area contributed by atoms with Crippen molar-refractivity contribution in [1.82, 2.24) is 19.9 Å². The number of nitrogens with two attached hydrogens (primary N) is 1. The summed E-state index contributed by atoms with van der Waals surface area (Å²) in [4.78, 5) is 26.1. The van der Waals surface area contributed by atoms with Gasteiger partial charge in [-0.25, -0.2) is 15.0 Å². The number of nitrogens with one attached hydrogen (secondary N) is 1. The van der Waals surface area contributed by atoms with Crippen LogP contribution in [0.1, 0.15) is 11.5 Å². The van der Waals surface area contributed by atoms with Gasteiger partial charge in [0.15, 0.2) is 11.2 Å². The van der Waals surface area contributed by atoms with E-state index in [1.807, 2.05) is 0 Å². The molecule has 0 radical (unpaired) electrons. The van der Waals surface area contributed by atoms with E-state index >= 15 is 0 Å². The van der Waals surface area contributed by atoms with Crippen molar-refractivity contribution >= 4 is 11.2 Å². The van der Waals surface area contributed by atoms with Crippen LogP contribution in [0.5, 0.6) is 0 Å². The molecule has 0 fully saturated rings. The number of aromatic nitrogens is 4. The van der Waals surface area contributed by atoms with Crippen LogP contribution in [-0.4, -0.2) is 19.9 Å². The van der Waals surface area contributed by atoms with Gasteiger partial charge in [0.1, 0.15) is 5.82 Å². The maximum absolute atomic E-state index is 11.4. The van der Waals surface area contributed by atoms with E-state index in [9.17, 15) is 4.79 Å². The number of aromatic amines is 1. The van der Waals surface area contributed by atoms with Gasteiger partial charge in [-0.05, 0) is 6.92 Å². The van der Waals surface area contributed by atoms with Crippen molar-refractivity contribution in [1.29, 1.82) is 0 Å². The van der Waals surface area contributed by atoms with Crippen LogP contribution in [0, 0.1) is 6.92 Å². The van der Waals surface area contributed by atoms with E-state index in [1.54, 1.807) is 6.92 Å². The summed E-state index contributed by atoms with van der Waals surface area (Å²) in [5.74, 6) is 0.525. The van der Waals surface area contributed by atoms with Crippen LogP contribution in [0.2, 0.25) is 0 Å². The summed E-state index contributed by atoms with van der Waals surface area (Å²) in [5, 5.41) is 0. The highest BCUT2D eigenvalue weighted by Crippen LogP contribution is 2.00. The first-order chi connectivity index (χ1) is 6.70. The Morgan fingerprint density at radius 3 is 3.00 bits per heavy atom. The van der Waals surface area contributed by atoms with E-state index < -0.39 is 0 Å². The molecule has 0 aliphatic heterocycles. The van der Waals surface area contributed by atoms with Gasteiger partial charge in [0.25, 0.3) is 5.56 Å². The van der Waals surface area contributed by atoms with Gasteiger partial charge >= 0.3 is 0 Å². The Hall–Kier alpha value is -1.82. The average molecular weight is 191 g/mol.